The Labute approximate surface area is 316 Å². The predicted octanol–water partition coefficient (Wildman–Crippen LogP) is 4.67. The number of carbonyl (C=O) groups is 4. The molecular weight excluding hydrogens is 674 g/mol. The maximum atomic E-state index is 14.4. The highest BCUT2D eigenvalue weighted by Crippen LogP contribution is 2.24. The summed E-state index contributed by atoms with van der Waals surface area (Å²) < 4.78 is 4.78. The molecule has 13 heteroatoms. The number of amides is 5. The van der Waals surface area contributed by atoms with Gasteiger partial charge in [-0.3, -0.25) is 20.0 Å². The number of alkyl carbamates (subject to hydrolysis) is 1. The highest BCUT2D eigenvalue weighted by atomic mass is 16.5. The number of benzene rings is 1. The van der Waals surface area contributed by atoms with Crippen molar-refractivity contribution in [3.05, 3.63) is 65.5 Å². The molecule has 1 aliphatic heterocycles. The molecule has 4 N–H and O–H groups in total. The lowest BCUT2D eigenvalue weighted by atomic mass is 9.86. The molecule has 5 amide bonds. The van der Waals surface area contributed by atoms with Crippen molar-refractivity contribution in [2.24, 2.45) is 16.7 Å². The van der Waals surface area contributed by atoms with Gasteiger partial charge in [0.2, 0.25) is 5.91 Å². The Morgan fingerprint density at radius 1 is 0.981 bits per heavy atom. The van der Waals surface area contributed by atoms with Crippen LogP contribution in [0.1, 0.15) is 85.2 Å². The Bertz CT molecular complexity index is 1510. The molecule has 2 heterocycles. The van der Waals surface area contributed by atoms with Gasteiger partial charge in [-0.25, -0.2) is 14.6 Å². The smallest absolute Gasteiger partial charge is 0.407 e. The van der Waals surface area contributed by atoms with Gasteiger partial charge < -0.3 is 30.3 Å². The Kier molecular flexibility index (Phi) is 15.6. The number of methoxy groups -OCH3 is 1. The second kappa shape index (κ2) is 19.2. The lowest BCUT2D eigenvalue weighted by Crippen LogP contribution is -2.60. The summed E-state index contributed by atoms with van der Waals surface area (Å²) in [5, 5.41) is 19.4. The van der Waals surface area contributed by atoms with Crippen molar-refractivity contribution in [2.75, 3.05) is 33.3 Å². The van der Waals surface area contributed by atoms with Crippen molar-refractivity contribution in [3.8, 4) is 0 Å². The molecule has 0 aliphatic carbocycles. The molecule has 1 aromatic carbocycles. The van der Waals surface area contributed by atoms with Gasteiger partial charge in [0.1, 0.15) is 12.1 Å². The fourth-order valence-corrected chi connectivity index (χ4v) is 6.33. The first-order chi connectivity index (χ1) is 24.8. The third-order valence-corrected chi connectivity index (χ3v) is 9.69. The van der Waals surface area contributed by atoms with E-state index in [2.05, 4.69) is 41.8 Å². The summed E-state index contributed by atoms with van der Waals surface area (Å²) in [4.78, 5) is 62.0. The van der Waals surface area contributed by atoms with Gasteiger partial charge in [-0.1, -0.05) is 98.2 Å². The molecule has 5 atom stereocenters. The molecule has 0 bridgehead atoms. The number of aromatic nitrogens is 1. The van der Waals surface area contributed by atoms with Crippen LogP contribution in [0.5, 0.6) is 0 Å². The molecule has 1 aliphatic rings. The maximum absolute atomic E-state index is 14.4. The molecular formula is C40H63N7O6. The SMILES string of the molecule is CC[C@H](C)[C@@H](C(=O)N[C@@H](Cc1ccccc1)[C@@H](O)CN(CCC(C)(C)C)NC(=O)[C@@H](NC(=O)OC)C(C)(C)C)N1CCN(Cc2cccc(C)n2)C1=O. The average molecular weight is 738 g/mol. The van der Waals surface area contributed by atoms with Gasteiger partial charge >= 0.3 is 12.1 Å². The van der Waals surface area contributed by atoms with Crippen molar-refractivity contribution in [3.63, 3.8) is 0 Å². The minimum absolute atomic E-state index is 0.0113. The Morgan fingerprint density at radius 3 is 2.25 bits per heavy atom. The number of rotatable bonds is 17. The average Bonchev–Trinajstić information content (AvgIpc) is 3.43. The van der Waals surface area contributed by atoms with Crippen LogP contribution in [0.4, 0.5) is 9.59 Å². The zero-order valence-corrected chi connectivity index (χ0v) is 33.4. The van der Waals surface area contributed by atoms with Gasteiger partial charge in [0.05, 0.1) is 31.5 Å². The zero-order valence-electron chi connectivity index (χ0n) is 33.4. The molecule has 13 nitrogen and oxygen atoms in total. The van der Waals surface area contributed by atoms with Crippen molar-refractivity contribution in [2.45, 2.75) is 112 Å². The molecule has 0 unspecified atom stereocenters. The molecule has 294 valence electrons. The number of aryl methyl sites for hydroxylation is 1. The van der Waals surface area contributed by atoms with Crippen LogP contribution in [0.15, 0.2) is 48.5 Å². The van der Waals surface area contributed by atoms with E-state index in [1.54, 1.807) is 14.8 Å². The van der Waals surface area contributed by atoms with E-state index in [1.807, 2.05) is 90.1 Å². The van der Waals surface area contributed by atoms with Gasteiger partial charge in [0.25, 0.3) is 5.91 Å². The van der Waals surface area contributed by atoms with E-state index < -0.39 is 41.6 Å². The molecule has 53 heavy (non-hydrogen) atoms. The highest BCUT2D eigenvalue weighted by molar-refractivity contribution is 5.88. The van der Waals surface area contributed by atoms with Crippen LogP contribution < -0.4 is 16.1 Å². The summed E-state index contributed by atoms with van der Waals surface area (Å²) in [7, 11) is 1.24. The van der Waals surface area contributed by atoms with Gasteiger partial charge in [0.15, 0.2) is 0 Å². The first-order valence-corrected chi connectivity index (χ1v) is 18.7. The van der Waals surface area contributed by atoms with Crippen molar-refractivity contribution < 1.29 is 29.0 Å². The monoisotopic (exact) mass is 737 g/mol. The van der Waals surface area contributed by atoms with Crippen LogP contribution in [-0.4, -0.2) is 106 Å². The number of ether oxygens (including phenoxy) is 1. The van der Waals surface area contributed by atoms with Crippen molar-refractivity contribution >= 4 is 23.9 Å². The molecule has 1 aromatic heterocycles. The van der Waals surface area contributed by atoms with E-state index in [0.29, 0.717) is 45.4 Å². The zero-order chi connectivity index (χ0) is 39.5. The molecule has 2 aromatic rings. The predicted molar refractivity (Wildman–Crippen MR) is 205 cm³/mol. The minimum Gasteiger partial charge on any atom is -0.453 e. The van der Waals surface area contributed by atoms with Crippen molar-refractivity contribution in [1.82, 2.24) is 35.9 Å². The van der Waals surface area contributed by atoms with E-state index >= 15 is 0 Å². The second-order valence-electron chi connectivity index (χ2n) is 16.5. The molecule has 0 saturated carbocycles. The van der Waals surface area contributed by atoms with Crippen LogP contribution in [0.3, 0.4) is 0 Å². The van der Waals surface area contributed by atoms with Crippen LogP contribution in [-0.2, 0) is 27.3 Å². The summed E-state index contributed by atoms with van der Waals surface area (Å²) in [6.45, 7) is 19.2. The normalized spacial score (nSPS) is 16.5. The van der Waals surface area contributed by atoms with Crippen LogP contribution in [0, 0.1) is 23.7 Å². The van der Waals surface area contributed by atoms with Crippen LogP contribution in [0.2, 0.25) is 0 Å². The first kappa shape index (κ1) is 43.2. The number of carbonyl (C=O) groups excluding carboxylic acids is 4. The summed E-state index contributed by atoms with van der Waals surface area (Å²) in [5.74, 6) is -0.962. The van der Waals surface area contributed by atoms with E-state index in [4.69, 9.17) is 4.74 Å². The van der Waals surface area contributed by atoms with E-state index in [1.165, 1.54) is 7.11 Å². The van der Waals surface area contributed by atoms with Gasteiger partial charge in [-0.2, -0.15) is 0 Å². The van der Waals surface area contributed by atoms with Gasteiger partial charge in [0, 0.05) is 31.9 Å². The van der Waals surface area contributed by atoms with E-state index in [9.17, 15) is 24.3 Å². The Hall–Kier alpha value is -4.23. The standard InChI is InChI=1S/C40H63N7O6/c1-11-27(2)33(47-23-22-45(38(47)52)25-30-19-15-16-28(3)41-30)35(49)42-31(24-29-17-13-12-14-18-29)32(48)26-46(21-20-39(4,5)6)44-36(50)34(40(7,8)9)43-37(51)53-10/h12-19,27,31-34,48H,11,20-26H2,1-10H3,(H,42,49)(H,43,51)(H,44,50)/t27-,31-,32-,33-,34+/m0/s1. The number of pyridine rings is 1. The van der Waals surface area contributed by atoms with Crippen molar-refractivity contribution in [1.29, 1.82) is 0 Å². The summed E-state index contributed by atoms with van der Waals surface area (Å²) in [6, 6.07) is 12.6. The lowest BCUT2D eigenvalue weighted by Gasteiger charge is -2.36. The number of aliphatic hydroxyl groups is 1. The molecule has 1 saturated heterocycles. The number of nitrogens with one attached hydrogen (secondary N) is 3. The third kappa shape index (κ3) is 13.3. The fourth-order valence-electron chi connectivity index (χ4n) is 6.33. The Morgan fingerprint density at radius 2 is 1.66 bits per heavy atom. The lowest BCUT2D eigenvalue weighted by molar-refractivity contribution is -0.132. The van der Waals surface area contributed by atoms with Crippen LogP contribution >= 0.6 is 0 Å². The van der Waals surface area contributed by atoms with Gasteiger partial charge in [-0.05, 0) is 54.2 Å². The molecule has 3 rings (SSSR count). The molecule has 1 fully saturated rings. The number of nitrogens with zero attached hydrogens (tertiary/aromatic N) is 4. The highest BCUT2D eigenvalue weighted by Gasteiger charge is 2.41. The number of hydrogen-bond acceptors (Lipinski definition) is 8. The Balaban J connectivity index is 1.88. The first-order valence-electron chi connectivity index (χ1n) is 18.7. The van der Waals surface area contributed by atoms with E-state index in [-0.39, 0.29) is 29.8 Å². The largest absolute Gasteiger partial charge is 0.453 e. The van der Waals surface area contributed by atoms with Gasteiger partial charge in [-0.15, -0.1) is 0 Å². The topological polar surface area (TPSA) is 156 Å². The summed E-state index contributed by atoms with van der Waals surface area (Å²) in [6.07, 6.45) is -0.197. The minimum atomic E-state index is -1.13. The third-order valence-electron chi connectivity index (χ3n) is 9.69. The number of urea groups is 1. The molecule has 0 radical (unpaired) electrons. The number of hydrazine groups is 1. The number of hydrogen-bond donors (Lipinski definition) is 4. The van der Waals surface area contributed by atoms with E-state index in [0.717, 1.165) is 17.0 Å². The van der Waals surface area contributed by atoms with Crippen LogP contribution in [0.25, 0.3) is 0 Å². The number of aliphatic hydroxyl groups excluding tert-OH is 1. The molecule has 0 spiro atoms. The second-order valence-corrected chi connectivity index (χ2v) is 16.5. The quantitative estimate of drug-likeness (QED) is 0.171. The maximum Gasteiger partial charge on any atom is 0.407 e. The fraction of sp³-hybridized carbons (Fsp3) is 0.625. The summed E-state index contributed by atoms with van der Waals surface area (Å²) >= 11 is 0. The summed E-state index contributed by atoms with van der Waals surface area (Å²) in [5.41, 5.74) is 4.77.